The van der Waals surface area contributed by atoms with Gasteiger partial charge in [-0.05, 0) is 17.4 Å². The highest BCUT2D eigenvalue weighted by molar-refractivity contribution is 7.20. The summed E-state index contributed by atoms with van der Waals surface area (Å²) in [5.74, 6) is -1.52. The molecule has 21 heavy (non-hydrogen) atoms. The Balaban J connectivity index is 1.76. The maximum atomic E-state index is 12.4. The normalized spacial score (nSPS) is 21.7. The topological polar surface area (TPSA) is 70.5 Å². The highest BCUT2D eigenvalue weighted by Gasteiger charge is 2.37. The van der Waals surface area contributed by atoms with Crippen LogP contribution in [0.3, 0.4) is 0 Å². The molecule has 1 fully saturated rings. The zero-order valence-corrected chi connectivity index (χ0v) is 13.0. The van der Waals surface area contributed by atoms with E-state index in [4.69, 9.17) is 5.11 Å². The predicted octanol–water partition coefficient (Wildman–Crippen LogP) is 2.66. The highest BCUT2D eigenvalue weighted by Crippen LogP contribution is 2.29. The number of thiazole rings is 1. The van der Waals surface area contributed by atoms with E-state index >= 15 is 0 Å². The number of thiophene rings is 1. The lowest BCUT2D eigenvalue weighted by atomic mass is 9.99. The summed E-state index contributed by atoms with van der Waals surface area (Å²) in [5.41, 5.74) is 0.404. The van der Waals surface area contributed by atoms with Crippen molar-refractivity contribution in [2.75, 3.05) is 13.1 Å². The van der Waals surface area contributed by atoms with Crippen LogP contribution < -0.4 is 0 Å². The first-order valence-electron chi connectivity index (χ1n) is 6.57. The Kier molecular flexibility index (Phi) is 3.77. The summed E-state index contributed by atoms with van der Waals surface area (Å²) >= 11 is 3.02. The second-order valence-corrected chi connectivity index (χ2v) is 6.95. The van der Waals surface area contributed by atoms with E-state index in [-0.39, 0.29) is 18.4 Å². The van der Waals surface area contributed by atoms with Gasteiger partial charge in [0.2, 0.25) is 0 Å². The van der Waals surface area contributed by atoms with Crippen LogP contribution in [-0.4, -0.2) is 40.0 Å². The molecule has 0 radical (unpaired) electrons. The molecule has 0 aliphatic carbocycles. The first-order valence-corrected chi connectivity index (χ1v) is 8.33. The van der Waals surface area contributed by atoms with Crippen molar-refractivity contribution in [1.82, 2.24) is 9.88 Å². The van der Waals surface area contributed by atoms with Gasteiger partial charge in [-0.2, -0.15) is 0 Å². The van der Waals surface area contributed by atoms with Crippen LogP contribution in [0, 0.1) is 11.8 Å². The zero-order chi connectivity index (χ0) is 15.0. The minimum Gasteiger partial charge on any atom is -0.481 e. The highest BCUT2D eigenvalue weighted by atomic mass is 32.1. The van der Waals surface area contributed by atoms with Crippen molar-refractivity contribution in [3.05, 3.63) is 28.6 Å². The number of amides is 1. The molecule has 1 aliphatic heterocycles. The number of hydrogen-bond acceptors (Lipinski definition) is 5. The quantitative estimate of drug-likeness (QED) is 0.943. The number of likely N-dealkylation sites (tertiary alicyclic amines) is 1. The molecule has 110 valence electrons. The molecule has 3 rings (SSSR count). The van der Waals surface area contributed by atoms with Crippen LogP contribution in [-0.2, 0) is 4.79 Å². The Morgan fingerprint density at radius 2 is 2.19 bits per heavy atom. The molecule has 2 aromatic rings. The summed E-state index contributed by atoms with van der Waals surface area (Å²) in [6.45, 7) is 2.60. The molecule has 1 N–H and O–H groups in total. The van der Waals surface area contributed by atoms with Crippen molar-refractivity contribution in [2.24, 2.45) is 11.8 Å². The molecule has 0 aromatic carbocycles. The van der Waals surface area contributed by atoms with E-state index in [1.807, 2.05) is 24.4 Å². The molecule has 2 unspecified atom stereocenters. The van der Waals surface area contributed by atoms with Crippen LogP contribution in [0.1, 0.15) is 17.4 Å². The van der Waals surface area contributed by atoms with Gasteiger partial charge < -0.3 is 10.0 Å². The van der Waals surface area contributed by atoms with Crippen molar-refractivity contribution < 1.29 is 14.7 Å². The van der Waals surface area contributed by atoms with Crippen LogP contribution in [0.5, 0.6) is 0 Å². The van der Waals surface area contributed by atoms with E-state index in [9.17, 15) is 9.59 Å². The number of rotatable bonds is 3. The van der Waals surface area contributed by atoms with Gasteiger partial charge in [0.1, 0.15) is 10.7 Å². The first-order chi connectivity index (χ1) is 10.1. The number of aromatic nitrogens is 1. The van der Waals surface area contributed by atoms with Gasteiger partial charge in [-0.3, -0.25) is 9.59 Å². The average molecular weight is 322 g/mol. The van der Waals surface area contributed by atoms with E-state index in [0.29, 0.717) is 12.2 Å². The standard InChI is InChI=1S/C14H14N2O3S2/c1-8-5-16(6-9(8)14(18)19)13(17)10-7-21-12(15-10)11-3-2-4-20-11/h2-4,7-9H,5-6H2,1H3,(H,18,19). The molecule has 5 nitrogen and oxygen atoms in total. The summed E-state index contributed by atoms with van der Waals surface area (Å²) in [4.78, 5) is 30.6. The maximum Gasteiger partial charge on any atom is 0.308 e. The van der Waals surface area contributed by atoms with Gasteiger partial charge in [0.25, 0.3) is 5.91 Å². The fraction of sp³-hybridized carbons (Fsp3) is 0.357. The number of nitrogens with zero attached hydrogens (tertiary/aromatic N) is 2. The number of hydrogen-bond donors (Lipinski definition) is 1. The van der Waals surface area contributed by atoms with Crippen LogP contribution in [0.4, 0.5) is 0 Å². The van der Waals surface area contributed by atoms with Crippen molar-refractivity contribution in [3.8, 4) is 9.88 Å². The Bertz CT molecular complexity index is 666. The van der Waals surface area contributed by atoms with Crippen LogP contribution >= 0.6 is 22.7 Å². The lowest BCUT2D eigenvalue weighted by Crippen LogP contribution is -2.30. The molecule has 2 atom stereocenters. The third-order valence-electron chi connectivity index (χ3n) is 3.67. The summed E-state index contributed by atoms with van der Waals surface area (Å²) in [6, 6.07) is 3.92. The first kappa shape index (κ1) is 14.2. The van der Waals surface area contributed by atoms with Gasteiger partial charge in [0.15, 0.2) is 0 Å². The summed E-state index contributed by atoms with van der Waals surface area (Å²) < 4.78 is 0. The van der Waals surface area contributed by atoms with Crippen LogP contribution in [0.25, 0.3) is 9.88 Å². The molecular formula is C14H14N2O3S2. The molecule has 1 amide bonds. The van der Waals surface area contributed by atoms with Gasteiger partial charge in [0, 0.05) is 18.5 Å². The minimum atomic E-state index is -0.838. The Hall–Kier alpha value is -1.73. The van der Waals surface area contributed by atoms with Gasteiger partial charge in [0.05, 0.1) is 10.8 Å². The van der Waals surface area contributed by atoms with Crippen molar-refractivity contribution in [3.63, 3.8) is 0 Å². The molecule has 1 aliphatic rings. The van der Waals surface area contributed by atoms with Gasteiger partial charge in [-0.25, -0.2) is 4.98 Å². The fourth-order valence-corrected chi connectivity index (χ4v) is 4.11. The Labute approximate surface area is 129 Å². The van der Waals surface area contributed by atoms with E-state index < -0.39 is 11.9 Å². The van der Waals surface area contributed by atoms with Gasteiger partial charge >= 0.3 is 5.97 Å². The monoisotopic (exact) mass is 322 g/mol. The minimum absolute atomic E-state index is 0.0261. The van der Waals surface area contributed by atoms with E-state index in [2.05, 4.69) is 4.98 Å². The summed E-state index contributed by atoms with van der Waals surface area (Å²) in [5, 5.41) is 13.7. The van der Waals surface area contributed by atoms with E-state index in [1.165, 1.54) is 11.3 Å². The lowest BCUT2D eigenvalue weighted by Gasteiger charge is -2.13. The third kappa shape index (κ3) is 2.71. The molecule has 0 spiro atoms. The molecule has 0 saturated carbocycles. The SMILES string of the molecule is CC1CN(C(=O)c2csc(-c3cccs3)n2)CC1C(=O)O. The van der Waals surface area contributed by atoms with E-state index in [1.54, 1.807) is 21.6 Å². The molecule has 1 saturated heterocycles. The second-order valence-electron chi connectivity index (χ2n) is 5.15. The number of carboxylic acid groups (broad SMARTS) is 1. The zero-order valence-electron chi connectivity index (χ0n) is 11.4. The molecule has 7 heteroatoms. The van der Waals surface area contributed by atoms with Crippen molar-refractivity contribution >= 4 is 34.6 Å². The fourth-order valence-electron chi connectivity index (χ4n) is 2.50. The number of aliphatic carboxylic acids is 1. The summed E-state index contributed by atoms with van der Waals surface area (Å²) in [7, 11) is 0. The third-order valence-corrected chi connectivity index (χ3v) is 5.55. The second kappa shape index (κ2) is 5.57. The number of carbonyl (C=O) groups excluding carboxylic acids is 1. The van der Waals surface area contributed by atoms with Crippen molar-refractivity contribution in [2.45, 2.75) is 6.92 Å². The molecular weight excluding hydrogens is 308 g/mol. The molecule has 0 bridgehead atoms. The Morgan fingerprint density at radius 1 is 1.38 bits per heavy atom. The van der Waals surface area contributed by atoms with Gasteiger partial charge in [-0.1, -0.05) is 13.0 Å². The van der Waals surface area contributed by atoms with Crippen molar-refractivity contribution in [1.29, 1.82) is 0 Å². The lowest BCUT2D eigenvalue weighted by molar-refractivity contribution is -0.142. The molecule has 3 heterocycles. The predicted molar refractivity (Wildman–Crippen MR) is 81.6 cm³/mol. The van der Waals surface area contributed by atoms with Gasteiger partial charge in [-0.15, -0.1) is 22.7 Å². The molecule has 2 aromatic heterocycles. The Morgan fingerprint density at radius 3 is 2.81 bits per heavy atom. The largest absolute Gasteiger partial charge is 0.481 e. The average Bonchev–Trinajstić information content (AvgIpc) is 3.17. The van der Waals surface area contributed by atoms with Crippen LogP contribution in [0.15, 0.2) is 22.9 Å². The maximum absolute atomic E-state index is 12.4. The smallest absolute Gasteiger partial charge is 0.308 e. The van der Waals surface area contributed by atoms with Crippen LogP contribution in [0.2, 0.25) is 0 Å². The summed E-state index contributed by atoms with van der Waals surface area (Å²) in [6.07, 6.45) is 0. The van der Waals surface area contributed by atoms with E-state index in [0.717, 1.165) is 9.88 Å². The number of carbonyl (C=O) groups is 2. The number of carboxylic acids is 1.